The number of phenolic OH excluding ortho intramolecular Hbond substituents is 1. The lowest BCUT2D eigenvalue weighted by Gasteiger charge is -2.34. The molecule has 232 valence electrons. The van der Waals surface area contributed by atoms with Crippen LogP contribution in [0.5, 0.6) is 5.75 Å². The lowest BCUT2D eigenvalue weighted by molar-refractivity contribution is 0.0494. The van der Waals surface area contributed by atoms with Crippen molar-refractivity contribution < 1.29 is 14.6 Å². The van der Waals surface area contributed by atoms with Crippen molar-refractivity contribution in [2.75, 3.05) is 6.61 Å². The van der Waals surface area contributed by atoms with E-state index in [1.807, 2.05) is 0 Å². The van der Waals surface area contributed by atoms with Crippen molar-refractivity contribution in [3.63, 3.8) is 0 Å². The number of aryl methyl sites for hydroxylation is 1. The fraction of sp³-hybridized carbons (Fsp3) is 0.703. The third kappa shape index (κ3) is 11.1. The minimum absolute atomic E-state index is 0.197. The Morgan fingerprint density at radius 1 is 0.732 bits per heavy atom. The molecule has 1 N–H and O–H groups in total. The second kappa shape index (κ2) is 17.3. The number of carbonyl (C=O) groups excluding carboxylic acids is 1. The fourth-order valence-electron chi connectivity index (χ4n) is 6.11. The number of esters is 1. The number of ether oxygens (including phenoxy) is 1. The Bertz CT molecular complexity index is 1040. The first-order valence-electron chi connectivity index (χ1n) is 16.5. The van der Waals surface area contributed by atoms with Crippen LogP contribution >= 0.6 is 11.3 Å². The second-order valence-corrected chi connectivity index (χ2v) is 15.0. The summed E-state index contributed by atoms with van der Waals surface area (Å²) in [4.78, 5) is 15.4. The van der Waals surface area contributed by atoms with Crippen molar-refractivity contribution in [3.05, 3.63) is 50.2 Å². The molecule has 1 aromatic carbocycles. The highest BCUT2D eigenvalue weighted by Gasteiger charge is 2.36. The highest BCUT2D eigenvalue weighted by molar-refractivity contribution is 7.09. The van der Waals surface area contributed by atoms with Crippen molar-refractivity contribution >= 4 is 17.3 Å². The Morgan fingerprint density at radius 3 is 1.76 bits per heavy atom. The van der Waals surface area contributed by atoms with Gasteiger partial charge in [0.25, 0.3) is 0 Å². The highest BCUT2D eigenvalue weighted by atomic mass is 32.1. The molecule has 4 heteroatoms. The van der Waals surface area contributed by atoms with Crippen LogP contribution in [-0.4, -0.2) is 17.7 Å². The Labute approximate surface area is 256 Å². The van der Waals surface area contributed by atoms with E-state index in [1.165, 1.54) is 56.2 Å². The van der Waals surface area contributed by atoms with Gasteiger partial charge >= 0.3 is 5.97 Å². The summed E-state index contributed by atoms with van der Waals surface area (Å²) < 4.78 is 6.07. The normalized spacial score (nSPS) is 12.2. The molecule has 2 aromatic rings. The number of benzene rings is 1. The maximum atomic E-state index is 14.1. The van der Waals surface area contributed by atoms with Crippen molar-refractivity contribution in [1.82, 2.24) is 0 Å². The largest absolute Gasteiger partial charge is 0.507 e. The van der Waals surface area contributed by atoms with E-state index in [4.69, 9.17) is 4.74 Å². The molecular weight excluding hydrogens is 524 g/mol. The van der Waals surface area contributed by atoms with Gasteiger partial charge < -0.3 is 9.84 Å². The molecule has 0 amide bonds. The van der Waals surface area contributed by atoms with Crippen LogP contribution in [0.15, 0.2) is 17.5 Å². The van der Waals surface area contributed by atoms with Gasteiger partial charge in [-0.15, -0.1) is 11.3 Å². The molecule has 3 nitrogen and oxygen atoms in total. The molecular formula is C37H60O3S. The molecule has 0 atom stereocenters. The molecule has 1 aromatic heterocycles. The van der Waals surface area contributed by atoms with Crippen LogP contribution < -0.4 is 0 Å². The van der Waals surface area contributed by atoms with Gasteiger partial charge in [0.05, 0.1) is 12.2 Å². The number of rotatable bonds is 18. The summed E-state index contributed by atoms with van der Waals surface area (Å²) >= 11 is 1.76. The minimum atomic E-state index is -0.318. The van der Waals surface area contributed by atoms with Gasteiger partial charge in [0.2, 0.25) is 0 Å². The smallest absolute Gasteiger partial charge is 0.338 e. The summed E-state index contributed by atoms with van der Waals surface area (Å²) in [6, 6.07) is 4.25. The molecule has 0 saturated carbocycles. The first-order chi connectivity index (χ1) is 19.4. The van der Waals surface area contributed by atoms with E-state index < -0.39 is 0 Å². The average molecular weight is 585 g/mol. The topological polar surface area (TPSA) is 46.5 Å². The van der Waals surface area contributed by atoms with Gasteiger partial charge in [-0.2, -0.15) is 0 Å². The van der Waals surface area contributed by atoms with Crippen LogP contribution in [-0.2, 0) is 34.8 Å². The zero-order chi connectivity index (χ0) is 30.5. The van der Waals surface area contributed by atoms with E-state index in [0.29, 0.717) is 12.4 Å². The molecule has 0 unspecified atom stereocenters. The number of hydrogen-bond donors (Lipinski definition) is 1. The van der Waals surface area contributed by atoms with Crippen LogP contribution in [0, 0.1) is 0 Å². The summed E-state index contributed by atoms with van der Waals surface area (Å²) in [6.07, 6.45) is 16.5. The zero-order valence-corrected chi connectivity index (χ0v) is 28.5. The Hall–Kier alpha value is -1.81. The number of thiophene rings is 1. The van der Waals surface area contributed by atoms with Gasteiger partial charge in [-0.05, 0) is 65.5 Å². The maximum Gasteiger partial charge on any atom is 0.338 e. The predicted octanol–water partition coefficient (Wildman–Crippen LogP) is 11.3. The van der Waals surface area contributed by atoms with Crippen LogP contribution in [0.4, 0.5) is 0 Å². The highest BCUT2D eigenvalue weighted by Crippen LogP contribution is 2.46. The van der Waals surface area contributed by atoms with Gasteiger partial charge in [0.1, 0.15) is 5.75 Å². The molecule has 0 aliphatic carbocycles. The van der Waals surface area contributed by atoms with Gasteiger partial charge in [0.15, 0.2) is 0 Å². The lowest BCUT2D eigenvalue weighted by Crippen LogP contribution is -2.26. The van der Waals surface area contributed by atoms with Crippen molar-refractivity contribution in [1.29, 1.82) is 0 Å². The number of carbonyl (C=O) groups is 1. The van der Waals surface area contributed by atoms with Crippen LogP contribution in [0.1, 0.15) is 170 Å². The predicted molar refractivity (Wildman–Crippen MR) is 178 cm³/mol. The number of aromatic hydroxyl groups is 1. The lowest BCUT2D eigenvalue weighted by atomic mass is 9.71. The summed E-state index contributed by atoms with van der Waals surface area (Å²) in [7, 11) is 0. The Morgan fingerprint density at radius 2 is 1.24 bits per heavy atom. The quantitative estimate of drug-likeness (QED) is 0.140. The molecule has 0 spiro atoms. The molecule has 0 fully saturated rings. The van der Waals surface area contributed by atoms with E-state index >= 15 is 0 Å². The van der Waals surface area contributed by atoms with Crippen LogP contribution in [0.2, 0.25) is 0 Å². The number of phenols is 1. The van der Waals surface area contributed by atoms with E-state index in [2.05, 4.69) is 72.9 Å². The maximum absolute atomic E-state index is 14.1. The average Bonchev–Trinajstić information content (AvgIpc) is 3.40. The molecule has 0 aliphatic rings. The second-order valence-electron chi connectivity index (χ2n) is 13.9. The summed E-state index contributed by atoms with van der Waals surface area (Å²) in [5.74, 6) is 0.191. The van der Waals surface area contributed by atoms with E-state index in [0.717, 1.165) is 72.8 Å². The van der Waals surface area contributed by atoms with Crippen LogP contribution in [0.25, 0.3) is 0 Å². The summed E-state index contributed by atoms with van der Waals surface area (Å²) in [5, 5.41) is 14.1. The van der Waals surface area contributed by atoms with Gasteiger partial charge in [0, 0.05) is 16.0 Å². The van der Waals surface area contributed by atoms with Crippen LogP contribution in [0.3, 0.4) is 0 Å². The van der Waals surface area contributed by atoms with E-state index in [-0.39, 0.29) is 16.8 Å². The van der Waals surface area contributed by atoms with Gasteiger partial charge in [-0.25, -0.2) is 4.79 Å². The van der Waals surface area contributed by atoms with Crippen molar-refractivity contribution in [3.8, 4) is 5.75 Å². The molecule has 2 rings (SSSR count). The Kier molecular flexibility index (Phi) is 15.0. The third-order valence-corrected chi connectivity index (χ3v) is 9.03. The molecule has 1 heterocycles. The SMILES string of the molecule is CCCCCCCCOC(=O)c1c(CCCCCCCC)c(C(C)(C)C)c(O)c(C(C)(C)C)c1CCc1cccs1. The standard InChI is InChI=1S/C37H60O3S/c1-9-11-13-15-17-19-23-29-31(35(39)40-26-20-18-16-14-12-10-2)30(25-24-28-22-21-27-41-28)33(37(6,7)8)34(38)32(29)36(3,4)5/h21-22,27,38H,9-20,23-26H2,1-8H3. The van der Waals surface area contributed by atoms with Gasteiger partial charge in [-0.1, -0.05) is 126 Å². The summed E-state index contributed by atoms with van der Waals surface area (Å²) in [6.45, 7) is 17.9. The Balaban J connectivity index is 2.57. The fourth-order valence-corrected chi connectivity index (χ4v) is 6.82. The van der Waals surface area contributed by atoms with Crippen molar-refractivity contribution in [2.24, 2.45) is 0 Å². The molecule has 0 saturated heterocycles. The summed E-state index contributed by atoms with van der Waals surface area (Å²) in [5.41, 5.74) is 3.98. The van der Waals surface area contributed by atoms with Gasteiger partial charge in [-0.3, -0.25) is 0 Å². The third-order valence-electron chi connectivity index (χ3n) is 8.10. The first-order valence-corrected chi connectivity index (χ1v) is 17.4. The van der Waals surface area contributed by atoms with E-state index in [9.17, 15) is 9.90 Å². The monoisotopic (exact) mass is 584 g/mol. The molecule has 0 bridgehead atoms. The van der Waals surface area contributed by atoms with Crippen molar-refractivity contribution in [2.45, 2.75) is 163 Å². The minimum Gasteiger partial charge on any atom is -0.507 e. The first kappa shape index (κ1) is 35.4. The number of unbranched alkanes of at least 4 members (excludes halogenated alkanes) is 10. The molecule has 41 heavy (non-hydrogen) atoms. The molecule has 0 radical (unpaired) electrons. The number of hydrogen-bond acceptors (Lipinski definition) is 4. The van der Waals surface area contributed by atoms with E-state index in [1.54, 1.807) is 11.3 Å². The molecule has 0 aliphatic heterocycles. The zero-order valence-electron chi connectivity index (χ0n) is 27.7.